The van der Waals surface area contributed by atoms with Crippen molar-refractivity contribution in [2.75, 3.05) is 53.3 Å². The lowest BCUT2D eigenvalue weighted by Gasteiger charge is -2.28. The van der Waals surface area contributed by atoms with Gasteiger partial charge in [-0.05, 0) is 56.2 Å². The lowest BCUT2D eigenvalue weighted by atomic mass is 10.1. The lowest BCUT2D eigenvalue weighted by molar-refractivity contribution is -0.114. The van der Waals surface area contributed by atoms with Crippen LogP contribution < -0.4 is 15.5 Å². The van der Waals surface area contributed by atoms with E-state index in [-0.39, 0.29) is 23.3 Å². The van der Waals surface area contributed by atoms with Crippen molar-refractivity contribution in [3.05, 3.63) is 53.1 Å². The van der Waals surface area contributed by atoms with Crippen LogP contribution >= 0.6 is 0 Å². The first-order valence-corrected chi connectivity index (χ1v) is 11.8. The normalized spacial score (nSPS) is 14.7. The maximum Gasteiger partial charge on any atom is 0.237 e. The highest BCUT2D eigenvalue weighted by atomic mass is 32.2. The first-order valence-electron chi connectivity index (χ1n) is 10.3. The maximum atomic E-state index is 12.3. The summed E-state index contributed by atoms with van der Waals surface area (Å²) in [7, 11) is -1.60. The summed E-state index contributed by atoms with van der Waals surface area (Å²) in [4.78, 5) is 26.7. The van der Waals surface area contributed by atoms with Crippen LogP contribution in [0.25, 0.3) is 0 Å². The molecule has 2 amide bonds. The number of hydrogen-bond acceptors (Lipinski definition) is 5. The number of morpholine rings is 1. The topological polar surface area (TPSA) is 87.7 Å². The molecule has 0 bridgehead atoms. The minimum atomic E-state index is -1.60. The van der Waals surface area contributed by atoms with Gasteiger partial charge >= 0.3 is 0 Å². The number of carbonyl (C=O) groups excluding carboxylic acids is 2. The van der Waals surface area contributed by atoms with Gasteiger partial charge < -0.3 is 20.3 Å². The van der Waals surface area contributed by atoms with Crippen molar-refractivity contribution < 1.29 is 18.5 Å². The van der Waals surface area contributed by atoms with Gasteiger partial charge in [0.25, 0.3) is 0 Å². The van der Waals surface area contributed by atoms with E-state index in [0.717, 1.165) is 41.2 Å². The molecule has 166 valence electrons. The van der Waals surface area contributed by atoms with Gasteiger partial charge in [-0.2, -0.15) is 0 Å². The largest absolute Gasteiger partial charge is 0.378 e. The van der Waals surface area contributed by atoms with E-state index >= 15 is 0 Å². The second-order valence-electron chi connectivity index (χ2n) is 7.74. The van der Waals surface area contributed by atoms with Crippen LogP contribution in [0.2, 0.25) is 0 Å². The standard InChI is InChI=1S/C23H29N3O4S/c1-16-12-17(2)23(18(3)13-16)25-22(28)15-31(29)14-21(27)24-19-4-6-20(7-5-19)26-8-10-30-11-9-26/h4-7,12-13H,8-11,14-15H2,1-3H3,(H,24,27)(H,25,28)/t31-/m1/s1. The van der Waals surface area contributed by atoms with Crippen molar-refractivity contribution in [2.45, 2.75) is 20.8 Å². The zero-order chi connectivity index (χ0) is 22.4. The molecule has 1 aliphatic heterocycles. The van der Waals surface area contributed by atoms with Gasteiger partial charge in [0.15, 0.2) is 0 Å². The SMILES string of the molecule is Cc1cc(C)c(NC(=O)C[S@](=O)CC(=O)Nc2ccc(N3CCOCC3)cc2)c(C)c1. The third kappa shape index (κ3) is 6.63. The van der Waals surface area contributed by atoms with Crippen molar-refractivity contribution in [1.29, 1.82) is 0 Å². The molecule has 0 aromatic heterocycles. The van der Waals surface area contributed by atoms with Crippen LogP contribution in [0.15, 0.2) is 36.4 Å². The minimum absolute atomic E-state index is 0.226. The Labute approximate surface area is 185 Å². The third-order valence-corrected chi connectivity index (χ3v) is 6.22. The van der Waals surface area contributed by atoms with Crippen LogP contribution in [0.4, 0.5) is 17.1 Å². The second-order valence-corrected chi connectivity index (χ2v) is 9.20. The minimum Gasteiger partial charge on any atom is -0.378 e. The van der Waals surface area contributed by atoms with E-state index in [4.69, 9.17) is 4.74 Å². The molecule has 1 heterocycles. The number of carbonyl (C=O) groups is 2. The van der Waals surface area contributed by atoms with Gasteiger partial charge in [-0.1, -0.05) is 17.7 Å². The van der Waals surface area contributed by atoms with Gasteiger partial charge in [-0.25, -0.2) is 0 Å². The molecule has 7 nitrogen and oxygen atoms in total. The summed E-state index contributed by atoms with van der Waals surface area (Å²) >= 11 is 0. The predicted molar refractivity (Wildman–Crippen MR) is 125 cm³/mol. The predicted octanol–water partition coefficient (Wildman–Crippen LogP) is 2.77. The number of nitrogens with one attached hydrogen (secondary N) is 2. The van der Waals surface area contributed by atoms with E-state index in [9.17, 15) is 13.8 Å². The highest BCUT2D eigenvalue weighted by Crippen LogP contribution is 2.22. The summed E-state index contributed by atoms with van der Waals surface area (Å²) in [6, 6.07) is 11.5. The molecule has 0 spiro atoms. The number of anilines is 3. The Balaban J connectivity index is 1.48. The number of hydrogen-bond donors (Lipinski definition) is 2. The molecule has 2 aromatic carbocycles. The summed E-state index contributed by atoms with van der Waals surface area (Å²) in [6.45, 7) is 8.94. The Morgan fingerprint density at radius 2 is 1.48 bits per heavy atom. The van der Waals surface area contributed by atoms with E-state index in [1.54, 1.807) is 0 Å². The molecule has 1 aliphatic rings. The number of nitrogens with zero attached hydrogens (tertiary/aromatic N) is 1. The Morgan fingerprint density at radius 1 is 0.935 bits per heavy atom. The summed E-state index contributed by atoms with van der Waals surface area (Å²) in [6.07, 6.45) is 0. The Bertz CT molecular complexity index is 946. The summed E-state index contributed by atoms with van der Waals surface area (Å²) in [5.74, 6) is -1.20. The van der Waals surface area contributed by atoms with E-state index < -0.39 is 10.8 Å². The first kappa shape index (κ1) is 23.0. The van der Waals surface area contributed by atoms with E-state index in [2.05, 4.69) is 15.5 Å². The van der Waals surface area contributed by atoms with Crippen LogP contribution in [0.3, 0.4) is 0 Å². The first-order chi connectivity index (χ1) is 14.8. The van der Waals surface area contributed by atoms with Crippen LogP contribution in [0.1, 0.15) is 16.7 Å². The quantitative estimate of drug-likeness (QED) is 0.687. The van der Waals surface area contributed by atoms with Gasteiger partial charge in [0.05, 0.1) is 13.2 Å². The fraction of sp³-hybridized carbons (Fsp3) is 0.391. The van der Waals surface area contributed by atoms with Crippen molar-refractivity contribution in [1.82, 2.24) is 0 Å². The molecule has 3 rings (SSSR count). The molecular weight excluding hydrogens is 414 g/mol. The molecule has 0 saturated carbocycles. The zero-order valence-corrected chi connectivity index (χ0v) is 19.0. The molecule has 1 fully saturated rings. The van der Waals surface area contributed by atoms with E-state index in [1.807, 2.05) is 57.2 Å². The summed E-state index contributed by atoms with van der Waals surface area (Å²) in [5, 5.41) is 5.56. The van der Waals surface area contributed by atoms with Crippen molar-refractivity contribution in [3.63, 3.8) is 0 Å². The molecule has 2 N–H and O–H groups in total. The number of benzene rings is 2. The number of aryl methyl sites for hydroxylation is 3. The van der Waals surface area contributed by atoms with Crippen LogP contribution in [0, 0.1) is 20.8 Å². The fourth-order valence-electron chi connectivity index (χ4n) is 3.67. The molecule has 31 heavy (non-hydrogen) atoms. The van der Waals surface area contributed by atoms with Gasteiger partial charge in [0.2, 0.25) is 11.8 Å². The smallest absolute Gasteiger partial charge is 0.237 e. The van der Waals surface area contributed by atoms with Gasteiger partial charge in [0.1, 0.15) is 11.5 Å². The van der Waals surface area contributed by atoms with E-state index in [1.165, 1.54) is 0 Å². The summed E-state index contributed by atoms with van der Waals surface area (Å²) < 4.78 is 17.7. The van der Waals surface area contributed by atoms with Gasteiger partial charge in [0, 0.05) is 41.0 Å². The molecule has 8 heteroatoms. The number of ether oxygens (including phenoxy) is 1. The molecule has 1 saturated heterocycles. The molecule has 0 unspecified atom stereocenters. The van der Waals surface area contributed by atoms with Crippen molar-refractivity contribution in [2.24, 2.45) is 0 Å². The Hall–Kier alpha value is -2.71. The monoisotopic (exact) mass is 443 g/mol. The van der Waals surface area contributed by atoms with Gasteiger partial charge in [-0.15, -0.1) is 0 Å². The lowest BCUT2D eigenvalue weighted by Crippen LogP contribution is -2.36. The highest BCUT2D eigenvalue weighted by Gasteiger charge is 2.15. The average molecular weight is 444 g/mol. The molecule has 2 aromatic rings. The average Bonchev–Trinajstić information content (AvgIpc) is 2.71. The Kier molecular flexibility index (Phi) is 7.81. The Morgan fingerprint density at radius 3 is 2.06 bits per heavy atom. The van der Waals surface area contributed by atoms with E-state index in [0.29, 0.717) is 18.9 Å². The molecule has 0 radical (unpaired) electrons. The number of amides is 2. The van der Waals surface area contributed by atoms with Crippen molar-refractivity contribution in [3.8, 4) is 0 Å². The second kappa shape index (κ2) is 10.5. The highest BCUT2D eigenvalue weighted by molar-refractivity contribution is 7.86. The van der Waals surface area contributed by atoms with Crippen LogP contribution in [-0.2, 0) is 25.1 Å². The summed E-state index contributed by atoms with van der Waals surface area (Å²) in [5.41, 5.74) is 5.46. The van der Waals surface area contributed by atoms with Crippen molar-refractivity contribution >= 4 is 39.7 Å². The molecule has 1 atom stereocenters. The van der Waals surface area contributed by atoms with Gasteiger partial charge in [-0.3, -0.25) is 13.8 Å². The maximum absolute atomic E-state index is 12.3. The fourth-order valence-corrected chi connectivity index (χ4v) is 4.50. The number of rotatable bonds is 7. The van der Waals surface area contributed by atoms with Crippen LogP contribution in [-0.4, -0.2) is 53.8 Å². The molecular formula is C23H29N3O4S. The van der Waals surface area contributed by atoms with Crippen LogP contribution in [0.5, 0.6) is 0 Å². The zero-order valence-electron chi connectivity index (χ0n) is 18.2. The molecule has 0 aliphatic carbocycles. The third-order valence-electron chi connectivity index (χ3n) is 5.05.